The van der Waals surface area contributed by atoms with Gasteiger partial charge in [-0.3, -0.25) is 4.98 Å². The van der Waals surface area contributed by atoms with Gasteiger partial charge in [0.25, 0.3) is 0 Å². The smallest absolute Gasteiger partial charge is 0.0889 e. The highest BCUT2D eigenvalue weighted by Gasteiger charge is 2.13. The monoisotopic (exact) mass is 297 g/mol. The van der Waals surface area contributed by atoms with E-state index in [-0.39, 0.29) is 12.4 Å². The standard InChI is InChI=1S/C14H16ClN3.ClH/c15-13-9-12(18-11-3-6-16-7-4-11)8-10-2-1-5-17-14(10)13;/h1-2,5,8-9,11,16,18H,3-4,6-7H2;1H. The predicted octanol–water partition coefficient (Wildman–Crippen LogP) is 3.47. The highest BCUT2D eigenvalue weighted by Crippen LogP contribution is 2.27. The van der Waals surface area contributed by atoms with Gasteiger partial charge in [-0.1, -0.05) is 17.7 Å². The minimum Gasteiger partial charge on any atom is -0.382 e. The van der Waals surface area contributed by atoms with Crippen molar-refractivity contribution in [2.75, 3.05) is 18.4 Å². The molecule has 1 aromatic carbocycles. The summed E-state index contributed by atoms with van der Waals surface area (Å²) in [6.45, 7) is 2.17. The molecule has 1 aromatic heterocycles. The van der Waals surface area contributed by atoms with Crippen molar-refractivity contribution in [3.63, 3.8) is 0 Å². The number of rotatable bonds is 2. The van der Waals surface area contributed by atoms with Crippen molar-refractivity contribution in [2.24, 2.45) is 0 Å². The van der Waals surface area contributed by atoms with Gasteiger partial charge in [0.05, 0.1) is 10.5 Å². The Morgan fingerprint density at radius 1 is 1.26 bits per heavy atom. The molecule has 0 spiro atoms. The lowest BCUT2D eigenvalue weighted by molar-refractivity contribution is 0.479. The van der Waals surface area contributed by atoms with Crippen molar-refractivity contribution in [3.05, 3.63) is 35.5 Å². The minimum atomic E-state index is 0. The van der Waals surface area contributed by atoms with Crippen LogP contribution in [0.2, 0.25) is 5.02 Å². The van der Waals surface area contributed by atoms with E-state index in [2.05, 4.69) is 21.7 Å². The number of hydrogen-bond acceptors (Lipinski definition) is 3. The number of aromatic nitrogens is 1. The van der Waals surface area contributed by atoms with E-state index in [0.29, 0.717) is 11.1 Å². The van der Waals surface area contributed by atoms with E-state index in [0.717, 1.165) is 42.5 Å². The Hall–Kier alpha value is -1.03. The summed E-state index contributed by atoms with van der Waals surface area (Å²) in [5, 5.41) is 8.72. The van der Waals surface area contributed by atoms with Crippen LogP contribution in [0, 0.1) is 0 Å². The van der Waals surface area contributed by atoms with E-state index in [1.165, 1.54) is 0 Å². The van der Waals surface area contributed by atoms with Crippen molar-refractivity contribution in [1.82, 2.24) is 10.3 Å². The van der Waals surface area contributed by atoms with Crippen LogP contribution >= 0.6 is 24.0 Å². The van der Waals surface area contributed by atoms with Gasteiger partial charge in [-0.15, -0.1) is 12.4 Å². The van der Waals surface area contributed by atoms with Crippen LogP contribution in [0.5, 0.6) is 0 Å². The van der Waals surface area contributed by atoms with Crippen LogP contribution in [-0.2, 0) is 0 Å². The zero-order valence-electron chi connectivity index (χ0n) is 10.5. The Balaban J connectivity index is 0.00000133. The number of hydrogen-bond donors (Lipinski definition) is 2. The lowest BCUT2D eigenvalue weighted by Gasteiger charge is -2.25. The summed E-state index contributed by atoms with van der Waals surface area (Å²) >= 11 is 6.27. The van der Waals surface area contributed by atoms with E-state index in [1.54, 1.807) is 6.20 Å². The molecule has 0 bridgehead atoms. The van der Waals surface area contributed by atoms with Crippen LogP contribution in [0.3, 0.4) is 0 Å². The maximum absolute atomic E-state index is 6.27. The molecule has 19 heavy (non-hydrogen) atoms. The molecule has 0 radical (unpaired) electrons. The molecule has 0 atom stereocenters. The molecule has 1 aliphatic heterocycles. The molecule has 1 aliphatic rings. The van der Waals surface area contributed by atoms with Gasteiger partial charge in [0.1, 0.15) is 0 Å². The van der Waals surface area contributed by atoms with Gasteiger partial charge >= 0.3 is 0 Å². The summed E-state index contributed by atoms with van der Waals surface area (Å²) in [5.41, 5.74) is 1.96. The molecule has 2 N–H and O–H groups in total. The SMILES string of the molecule is Cl.Clc1cc(NC2CCNCC2)cc2cccnc12. The van der Waals surface area contributed by atoms with Crippen molar-refractivity contribution >= 4 is 40.6 Å². The Labute approximate surface area is 124 Å². The first-order valence-corrected chi connectivity index (χ1v) is 6.72. The molecule has 2 heterocycles. The summed E-state index contributed by atoms with van der Waals surface area (Å²) in [5.74, 6) is 0. The van der Waals surface area contributed by atoms with Crippen molar-refractivity contribution in [2.45, 2.75) is 18.9 Å². The second-order valence-corrected chi connectivity index (χ2v) is 5.11. The zero-order valence-corrected chi connectivity index (χ0v) is 12.1. The first-order valence-electron chi connectivity index (χ1n) is 6.34. The fraction of sp³-hybridized carbons (Fsp3) is 0.357. The quantitative estimate of drug-likeness (QED) is 0.891. The maximum atomic E-state index is 6.27. The Kier molecular flexibility index (Phi) is 4.86. The Bertz CT molecular complexity index is 553. The molecule has 3 rings (SSSR count). The molecule has 3 nitrogen and oxygen atoms in total. The van der Waals surface area contributed by atoms with Gasteiger partial charge < -0.3 is 10.6 Å². The third kappa shape index (κ3) is 3.30. The van der Waals surface area contributed by atoms with Crippen LogP contribution in [0.1, 0.15) is 12.8 Å². The van der Waals surface area contributed by atoms with Crippen molar-refractivity contribution in [3.8, 4) is 0 Å². The topological polar surface area (TPSA) is 37.0 Å². The summed E-state index contributed by atoms with van der Waals surface area (Å²) in [4.78, 5) is 4.30. The predicted molar refractivity (Wildman–Crippen MR) is 83.5 cm³/mol. The third-order valence-corrected chi connectivity index (χ3v) is 3.66. The summed E-state index contributed by atoms with van der Waals surface area (Å²) < 4.78 is 0. The summed E-state index contributed by atoms with van der Waals surface area (Å²) in [6.07, 6.45) is 4.08. The molecule has 0 saturated carbocycles. The Morgan fingerprint density at radius 2 is 2.05 bits per heavy atom. The highest BCUT2D eigenvalue weighted by atomic mass is 35.5. The van der Waals surface area contributed by atoms with Crippen LogP contribution in [0.4, 0.5) is 5.69 Å². The minimum absolute atomic E-state index is 0. The molecule has 1 saturated heterocycles. The van der Waals surface area contributed by atoms with Gasteiger partial charge in [-0.05, 0) is 44.1 Å². The lowest BCUT2D eigenvalue weighted by Crippen LogP contribution is -2.35. The molecule has 5 heteroatoms. The number of fused-ring (bicyclic) bond motifs is 1. The number of nitrogens with zero attached hydrogens (tertiary/aromatic N) is 1. The normalized spacial score (nSPS) is 16.1. The van der Waals surface area contributed by atoms with E-state index in [9.17, 15) is 0 Å². The van der Waals surface area contributed by atoms with Crippen LogP contribution in [0.15, 0.2) is 30.5 Å². The number of piperidine rings is 1. The average molecular weight is 298 g/mol. The number of anilines is 1. The second-order valence-electron chi connectivity index (χ2n) is 4.70. The molecular formula is C14H17Cl2N3. The molecule has 102 valence electrons. The summed E-state index contributed by atoms with van der Waals surface area (Å²) in [6, 6.07) is 8.61. The van der Waals surface area contributed by atoms with Gasteiger partial charge in [0, 0.05) is 23.3 Å². The van der Waals surface area contributed by atoms with E-state index in [1.807, 2.05) is 18.2 Å². The molecular weight excluding hydrogens is 281 g/mol. The molecule has 0 unspecified atom stereocenters. The molecule has 0 amide bonds. The molecule has 2 aromatic rings. The number of pyridine rings is 1. The first-order chi connectivity index (χ1) is 8.83. The number of nitrogens with one attached hydrogen (secondary N) is 2. The largest absolute Gasteiger partial charge is 0.382 e. The van der Waals surface area contributed by atoms with E-state index >= 15 is 0 Å². The van der Waals surface area contributed by atoms with Crippen molar-refractivity contribution in [1.29, 1.82) is 0 Å². The van der Waals surface area contributed by atoms with Crippen LogP contribution in [-0.4, -0.2) is 24.1 Å². The maximum Gasteiger partial charge on any atom is 0.0889 e. The Morgan fingerprint density at radius 3 is 2.84 bits per heavy atom. The van der Waals surface area contributed by atoms with Crippen LogP contribution < -0.4 is 10.6 Å². The van der Waals surface area contributed by atoms with Gasteiger partial charge in [0.15, 0.2) is 0 Å². The van der Waals surface area contributed by atoms with E-state index < -0.39 is 0 Å². The van der Waals surface area contributed by atoms with Gasteiger partial charge in [0.2, 0.25) is 0 Å². The first kappa shape index (κ1) is 14.4. The van der Waals surface area contributed by atoms with Gasteiger partial charge in [-0.2, -0.15) is 0 Å². The average Bonchev–Trinajstić information content (AvgIpc) is 2.40. The number of halogens is 2. The highest BCUT2D eigenvalue weighted by molar-refractivity contribution is 6.35. The van der Waals surface area contributed by atoms with E-state index in [4.69, 9.17) is 11.6 Å². The van der Waals surface area contributed by atoms with Crippen molar-refractivity contribution < 1.29 is 0 Å². The van der Waals surface area contributed by atoms with Crippen LogP contribution in [0.25, 0.3) is 10.9 Å². The second kappa shape index (κ2) is 6.42. The fourth-order valence-corrected chi connectivity index (χ4v) is 2.71. The lowest BCUT2D eigenvalue weighted by atomic mass is 10.1. The third-order valence-electron chi connectivity index (χ3n) is 3.37. The molecule has 0 aliphatic carbocycles. The number of benzene rings is 1. The summed E-state index contributed by atoms with van der Waals surface area (Å²) in [7, 11) is 0. The van der Waals surface area contributed by atoms with Gasteiger partial charge in [-0.25, -0.2) is 0 Å². The molecule has 1 fully saturated rings. The zero-order chi connectivity index (χ0) is 12.4. The fourth-order valence-electron chi connectivity index (χ4n) is 2.43.